The molecule has 3 aromatic carbocycles. The number of carboxylic acids is 1. The number of halogens is 1. The van der Waals surface area contributed by atoms with E-state index in [-0.39, 0.29) is 21.8 Å². The lowest BCUT2D eigenvalue weighted by molar-refractivity contribution is -0.119. The first-order valence-corrected chi connectivity index (χ1v) is 10.2. The molecule has 166 valence electrons. The molecule has 0 radical (unpaired) electrons. The van der Waals surface area contributed by atoms with Crippen molar-refractivity contribution in [2.45, 2.75) is 6.92 Å². The van der Waals surface area contributed by atoms with Crippen molar-refractivity contribution in [2.75, 3.05) is 11.9 Å². The van der Waals surface area contributed by atoms with Crippen LogP contribution >= 0.6 is 11.6 Å². The average molecular weight is 464 g/mol. The van der Waals surface area contributed by atoms with E-state index in [0.29, 0.717) is 16.9 Å². The van der Waals surface area contributed by atoms with Crippen LogP contribution in [-0.4, -0.2) is 39.5 Å². The van der Waals surface area contributed by atoms with Crippen LogP contribution < -0.4 is 5.32 Å². The molecule has 4 rings (SSSR count). The van der Waals surface area contributed by atoms with E-state index >= 15 is 0 Å². The van der Waals surface area contributed by atoms with Crippen LogP contribution in [0.25, 0.3) is 22.4 Å². The molecule has 0 spiro atoms. The smallest absolute Gasteiger partial charge is 0.338 e. The number of aromatic carboxylic acids is 1. The summed E-state index contributed by atoms with van der Waals surface area (Å²) >= 11 is 5.81. The van der Waals surface area contributed by atoms with Gasteiger partial charge < -0.3 is 20.1 Å². The zero-order valence-electron chi connectivity index (χ0n) is 17.4. The number of imidazole rings is 1. The number of aromatic nitrogens is 2. The van der Waals surface area contributed by atoms with Gasteiger partial charge in [-0.2, -0.15) is 0 Å². The number of anilines is 1. The van der Waals surface area contributed by atoms with Crippen molar-refractivity contribution in [3.63, 3.8) is 0 Å². The third kappa shape index (κ3) is 5.02. The minimum atomic E-state index is -1.22. The highest BCUT2D eigenvalue weighted by Gasteiger charge is 2.15. The van der Waals surface area contributed by atoms with Crippen molar-refractivity contribution < 1.29 is 24.2 Å². The van der Waals surface area contributed by atoms with Crippen molar-refractivity contribution in [1.82, 2.24) is 9.97 Å². The first-order chi connectivity index (χ1) is 15.8. The average Bonchev–Trinajstić information content (AvgIpc) is 3.22. The van der Waals surface area contributed by atoms with Gasteiger partial charge in [-0.25, -0.2) is 14.6 Å². The number of hydrogen-bond donors (Lipinski definition) is 3. The van der Waals surface area contributed by atoms with E-state index in [1.54, 1.807) is 18.2 Å². The zero-order valence-corrected chi connectivity index (χ0v) is 18.1. The van der Waals surface area contributed by atoms with Crippen LogP contribution in [-0.2, 0) is 9.53 Å². The molecule has 0 saturated carbocycles. The third-order valence-electron chi connectivity index (χ3n) is 4.86. The predicted octanol–water partition coefficient (Wildman–Crippen LogP) is 4.69. The summed E-state index contributed by atoms with van der Waals surface area (Å²) in [5, 5.41) is 11.6. The van der Waals surface area contributed by atoms with Crippen molar-refractivity contribution in [2.24, 2.45) is 0 Å². The summed E-state index contributed by atoms with van der Waals surface area (Å²) in [6.07, 6.45) is 0. The first-order valence-electron chi connectivity index (χ1n) is 9.87. The molecule has 0 aliphatic heterocycles. The molecular weight excluding hydrogens is 446 g/mol. The SMILES string of the molecule is Cc1ccc(-c2nc3ccc(C(=O)OCC(=O)Nc4ccc(Cl)c(C(=O)O)c4)cc3[nH]2)cc1. The summed E-state index contributed by atoms with van der Waals surface area (Å²) < 4.78 is 5.09. The van der Waals surface area contributed by atoms with Crippen LogP contribution in [0.2, 0.25) is 5.02 Å². The number of carbonyl (C=O) groups is 3. The van der Waals surface area contributed by atoms with Gasteiger partial charge in [-0.1, -0.05) is 41.4 Å². The zero-order chi connectivity index (χ0) is 23.5. The summed E-state index contributed by atoms with van der Waals surface area (Å²) in [4.78, 5) is 43.4. The summed E-state index contributed by atoms with van der Waals surface area (Å²) in [5.41, 5.74) is 3.75. The highest BCUT2D eigenvalue weighted by atomic mass is 35.5. The van der Waals surface area contributed by atoms with E-state index in [4.69, 9.17) is 21.4 Å². The highest BCUT2D eigenvalue weighted by Crippen LogP contribution is 2.23. The number of carboxylic acid groups (broad SMARTS) is 1. The lowest BCUT2D eigenvalue weighted by Crippen LogP contribution is -2.21. The molecule has 0 aliphatic rings. The fourth-order valence-electron chi connectivity index (χ4n) is 3.16. The fourth-order valence-corrected chi connectivity index (χ4v) is 3.36. The molecule has 0 saturated heterocycles. The summed E-state index contributed by atoms with van der Waals surface area (Å²) in [7, 11) is 0. The Hall–Kier alpha value is -4.17. The van der Waals surface area contributed by atoms with Gasteiger partial charge in [0.25, 0.3) is 5.91 Å². The predicted molar refractivity (Wildman–Crippen MR) is 124 cm³/mol. The number of aromatic amines is 1. The largest absolute Gasteiger partial charge is 0.478 e. The molecule has 0 atom stereocenters. The molecular formula is C24H18ClN3O5. The van der Waals surface area contributed by atoms with Gasteiger partial charge >= 0.3 is 11.9 Å². The third-order valence-corrected chi connectivity index (χ3v) is 5.19. The van der Waals surface area contributed by atoms with Gasteiger partial charge in [0.1, 0.15) is 5.82 Å². The molecule has 33 heavy (non-hydrogen) atoms. The maximum Gasteiger partial charge on any atom is 0.338 e. The molecule has 9 heteroatoms. The number of amides is 1. The number of nitrogens with one attached hydrogen (secondary N) is 2. The quantitative estimate of drug-likeness (QED) is 0.357. The molecule has 4 aromatic rings. The minimum absolute atomic E-state index is 0.0478. The van der Waals surface area contributed by atoms with Gasteiger partial charge in [-0.3, -0.25) is 4.79 Å². The highest BCUT2D eigenvalue weighted by molar-refractivity contribution is 6.33. The number of H-pyrrole nitrogens is 1. The maximum atomic E-state index is 12.4. The van der Waals surface area contributed by atoms with Crippen molar-refractivity contribution >= 4 is 46.2 Å². The van der Waals surface area contributed by atoms with Gasteiger partial charge in [0.15, 0.2) is 6.61 Å². The second kappa shape index (κ2) is 9.13. The minimum Gasteiger partial charge on any atom is -0.478 e. The molecule has 0 bridgehead atoms. The van der Waals surface area contributed by atoms with Crippen LogP contribution in [0, 0.1) is 6.92 Å². The van der Waals surface area contributed by atoms with Gasteiger partial charge in [0, 0.05) is 11.3 Å². The molecule has 0 fully saturated rings. The van der Waals surface area contributed by atoms with Crippen molar-refractivity contribution in [3.8, 4) is 11.4 Å². The molecule has 3 N–H and O–H groups in total. The van der Waals surface area contributed by atoms with Crippen LogP contribution in [0.3, 0.4) is 0 Å². The fraction of sp³-hybridized carbons (Fsp3) is 0.0833. The number of nitrogens with zero attached hydrogens (tertiary/aromatic N) is 1. The van der Waals surface area contributed by atoms with Crippen LogP contribution in [0.15, 0.2) is 60.7 Å². The number of carbonyl (C=O) groups excluding carboxylic acids is 2. The standard InChI is InChI=1S/C24H18ClN3O5/c1-13-2-4-14(5-3-13)22-27-19-9-6-15(10-20(19)28-22)24(32)33-12-21(29)26-16-7-8-18(25)17(11-16)23(30)31/h2-11H,12H2,1H3,(H,26,29)(H,27,28)(H,30,31). The normalized spacial score (nSPS) is 10.7. The van der Waals surface area contributed by atoms with E-state index in [0.717, 1.165) is 11.1 Å². The molecule has 8 nitrogen and oxygen atoms in total. The number of esters is 1. The number of aryl methyl sites for hydroxylation is 1. The molecule has 1 aromatic heterocycles. The number of benzene rings is 3. The molecule has 1 heterocycles. The molecule has 0 aliphatic carbocycles. The second-order valence-corrected chi connectivity index (χ2v) is 7.71. The lowest BCUT2D eigenvalue weighted by atomic mass is 10.1. The van der Waals surface area contributed by atoms with Crippen LogP contribution in [0.1, 0.15) is 26.3 Å². The monoisotopic (exact) mass is 463 g/mol. The lowest BCUT2D eigenvalue weighted by Gasteiger charge is -2.08. The van der Waals surface area contributed by atoms with E-state index < -0.39 is 24.5 Å². The Morgan fingerprint density at radius 1 is 1.06 bits per heavy atom. The van der Waals surface area contributed by atoms with Gasteiger partial charge in [0.2, 0.25) is 0 Å². The van der Waals surface area contributed by atoms with E-state index in [1.165, 1.54) is 18.2 Å². The van der Waals surface area contributed by atoms with Gasteiger partial charge in [0.05, 0.1) is 27.2 Å². The first kappa shape index (κ1) is 22.0. The summed E-state index contributed by atoms with van der Waals surface area (Å²) in [6, 6.07) is 16.8. The van der Waals surface area contributed by atoms with Gasteiger partial charge in [-0.05, 0) is 43.3 Å². The molecule has 0 unspecified atom stereocenters. The van der Waals surface area contributed by atoms with Crippen LogP contribution in [0.5, 0.6) is 0 Å². The number of ether oxygens (including phenoxy) is 1. The van der Waals surface area contributed by atoms with Gasteiger partial charge in [-0.15, -0.1) is 0 Å². The van der Waals surface area contributed by atoms with Crippen molar-refractivity contribution in [3.05, 3.63) is 82.4 Å². The Kier molecular flexibility index (Phi) is 6.10. The summed E-state index contributed by atoms with van der Waals surface area (Å²) in [6.45, 7) is 1.46. The number of rotatable bonds is 6. The Labute approximate surface area is 193 Å². The van der Waals surface area contributed by atoms with E-state index in [1.807, 2.05) is 31.2 Å². The Balaban J connectivity index is 1.41. The summed E-state index contributed by atoms with van der Waals surface area (Å²) in [5.74, 6) is -1.84. The Bertz CT molecular complexity index is 1380. The van der Waals surface area contributed by atoms with Crippen molar-refractivity contribution in [1.29, 1.82) is 0 Å². The maximum absolute atomic E-state index is 12.4. The number of fused-ring (bicyclic) bond motifs is 1. The van der Waals surface area contributed by atoms with Crippen LogP contribution in [0.4, 0.5) is 5.69 Å². The Morgan fingerprint density at radius 3 is 2.55 bits per heavy atom. The topological polar surface area (TPSA) is 121 Å². The Morgan fingerprint density at radius 2 is 1.82 bits per heavy atom. The molecule has 1 amide bonds. The van der Waals surface area contributed by atoms with E-state index in [2.05, 4.69) is 15.3 Å². The second-order valence-electron chi connectivity index (χ2n) is 7.31. The van der Waals surface area contributed by atoms with E-state index in [9.17, 15) is 14.4 Å². The number of hydrogen-bond acceptors (Lipinski definition) is 5.